The minimum atomic E-state index is -0.202. The summed E-state index contributed by atoms with van der Waals surface area (Å²) in [4.78, 5) is 11.8. The number of hydrogen-bond acceptors (Lipinski definition) is 8. The Morgan fingerprint density at radius 3 is 2.46 bits per heavy atom. The molecule has 0 radical (unpaired) electrons. The first-order valence-electron chi connectivity index (χ1n) is 8.98. The lowest BCUT2D eigenvalue weighted by atomic mass is 9.91. The Labute approximate surface area is 177 Å². The zero-order chi connectivity index (χ0) is 20.3. The Morgan fingerprint density at radius 1 is 1.18 bits per heavy atom. The summed E-state index contributed by atoms with van der Waals surface area (Å²) in [7, 11) is 0. The standard InChI is InChI=1S/C19H22N6S3/c1-7-25(8-2)18-21-13(12-10-9-11-26-12)16(27-18)22-23-17-14(20-6)15(24-28-17)19(3,4)5/h9-11H,7-8H2,1-5H3. The highest BCUT2D eigenvalue weighted by Crippen LogP contribution is 2.45. The van der Waals surface area contributed by atoms with Crippen LogP contribution in [0.5, 0.6) is 0 Å². The molecule has 0 atom stereocenters. The summed E-state index contributed by atoms with van der Waals surface area (Å²) in [6.45, 7) is 19.7. The van der Waals surface area contributed by atoms with Gasteiger partial charge in [-0.25, -0.2) is 14.2 Å². The van der Waals surface area contributed by atoms with Gasteiger partial charge in [0.1, 0.15) is 5.69 Å². The van der Waals surface area contributed by atoms with Crippen molar-refractivity contribution in [2.24, 2.45) is 10.2 Å². The minimum Gasteiger partial charge on any atom is -0.349 e. The summed E-state index contributed by atoms with van der Waals surface area (Å²) in [5, 5.41) is 13.2. The third-order valence-corrected chi connectivity index (χ3v) is 6.69. The van der Waals surface area contributed by atoms with E-state index in [-0.39, 0.29) is 5.41 Å². The van der Waals surface area contributed by atoms with E-state index < -0.39 is 0 Å². The van der Waals surface area contributed by atoms with Gasteiger partial charge >= 0.3 is 0 Å². The molecule has 146 valence electrons. The second-order valence-corrected chi connectivity index (χ2v) is 9.70. The Bertz CT molecular complexity index is 998. The van der Waals surface area contributed by atoms with Gasteiger partial charge in [-0.15, -0.1) is 21.6 Å². The molecule has 0 N–H and O–H groups in total. The van der Waals surface area contributed by atoms with Crippen LogP contribution in [0.25, 0.3) is 15.4 Å². The molecule has 0 aliphatic carbocycles. The molecule has 0 amide bonds. The predicted molar refractivity (Wildman–Crippen MR) is 120 cm³/mol. The molecule has 3 aromatic heterocycles. The lowest BCUT2D eigenvalue weighted by Crippen LogP contribution is -2.21. The molecule has 0 aromatic carbocycles. The van der Waals surface area contributed by atoms with Gasteiger partial charge in [0.15, 0.2) is 15.1 Å². The molecular weight excluding hydrogens is 408 g/mol. The molecular formula is C19H22N6S3. The van der Waals surface area contributed by atoms with Crippen LogP contribution in [0.4, 0.5) is 20.8 Å². The largest absolute Gasteiger partial charge is 0.349 e. The number of hydrogen-bond donors (Lipinski definition) is 0. The third-order valence-electron chi connectivity index (χ3n) is 4.09. The zero-order valence-corrected chi connectivity index (χ0v) is 19.0. The molecule has 0 aliphatic rings. The molecule has 0 saturated carbocycles. The summed E-state index contributed by atoms with van der Waals surface area (Å²) in [6, 6.07) is 4.05. The topological polar surface area (TPSA) is 58.1 Å². The van der Waals surface area contributed by atoms with Crippen molar-refractivity contribution in [1.29, 1.82) is 0 Å². The van der Waals surface area contributed by atoms with Crippen LogP contribution in [0.2, 0.25) is 0 Å². The Kier molecular flexibility index (Phi) is 6.23. The summed E-state index contributed by atoms with van der Waals surface area (Å²) in [5.74, 6) is 0. The van der Waals surface area contributed by atoms with Gasteiger partial charge in [-0.3, -0.25) is 0 Å². The second kappa shape index (κ2) is 8.47. The van der Waals surface area contributed by atoms with Crippen molar-refractivity contribution in [3.63, 3.8) is 0 Å². The molecule has 3 aromatic rings. The Hall–Kier alpha value is -2.15. The number of rotatable bonds is 6. The van der Waals surface area contributed by atoms with E-state index in [1.54, 1.807) is 11.3 Å². The van der Waals surface area contributed by atoms with E-state index in [4.69, 9.17) is 11.6 Å². The van der Waals surface area contributed by atoms with Crippen LogP contribution in [0, 0.1) is 6.57 Å². The molecule has 0 spiro atoms. The zero-order valence-electron chi connectivity index (χ0n) is 16.6. The number of azo groups is 1. The maximum Gasteiger partial charge on any atom is 0.248 e. The van der Waals surface area contributed by atoms with Gasteiger partial charge < -0.3 is 4.90 Å². The first kappa shape index (κ1) is 20.6. The highest BCUT2D eigenvalue weighted by Gasteiger charge is 2.25. The van der Waals surface area contributed by atoms with Crippen LogP contribution in [0.3, 0.4) is 0 Å². The summed E-state index contributed by atoms with van der Waals surface area (Å²) < 4.78 is 4.46. The van der Waals surface area contributed by atoms with E-state index in [0.717, 1.165) is 39.5 Å². The smallest absolute Gasteiger partial charge is 0.248 e. The average molecular weight is 431 g/mol. The van der Waals surface area contributed by atoms with Crippen molar-refractivity contribution in [2.75, 3.05) is 18.0 Å². The average Bonchev–Trinajstić information content (AvgIpc) is 3.39. The molecule has 0 saturated heterocycles. The fourth-order valence-corrected chi connectivity index (χ4v) is 5.25. The van der Waals surface area contributed by atoms with Crippen molar-refractivity contribution in [3.8, 4) is 10.6 Å². The number of anilines is 1. The number of thiazole rings is 1. The first-order chi connectivity index (χ1) is 13.4. The van der Waals surface area contributed by atoms with Crippen molar-refractivity contribution < 1.29 is 0 Å². The maximum absolute atomic E-state index is 7.55. The molecule has 6 nitrogen and oxygen atoms in total. The highest BCUT2D eigenvalue weighted by molar-refractivity contribution is 7.20. The third kappa shape index (κ3) is 4.14. The van der Waals surface area contributed by atoms with E-state index >= 15 is 0 Å². The fraction of sp³-hybridized carbons (Fsp3) is 0.421. The van der Waals surface area contributed by atoms with Crippen LogP contribution in [-0.4, -0.2) is 22.4 Å². The van der Waals surface area contributed by atoms with Crippen molar-refractivity contribution in [1.82, 2.24) is 9.36 Å². The van der Waals surface area contributed by atoms with Crippen molar-refractivity contribution >= 4 is 55.0 Å². The Morgan fingerprint density at radius 2 is 1.89 bits per heavy atom. The highest BCUT2D eigenvalue weighted by atomic mass is 32.1. The molecule has 0 fully saturated rings. The summed E-state index contributed by atoms with van der Waals surface area (Å²) in [6.07, 6.45) is 0. The van der Waals surface area contributed by atoms with Gasteiger partial charge in [0.2, 0.25) is 5.69 Å². The van der Waals surface area contributed by atoms with Gasteiger partial charge in [0.05, 0.1) is 17.1 Å². The predicted octanol–water partition coefficient (Wildman–Crippen LogP) is 7.44. The lowest BCUT2D eigenvalue weighted by Gasteiger charge is -2.16. The van der Waals surface area contributed by atoms with Gasteiger partial charge in [-0.05, 0) is 42.2 Å². The van der Waals surface area contributed by atoms with Gasteiger partial charge in [-0.2, -0.15) is 0 Å². The van der Waals surface area contributed by atoms with Gasteiger partial charge in [0, 0.05) is 13.1 Å². The number of thiophene rings is 1. The first-order valence-corrected chi connectivity index (χ1v) is 11.4. The van der Waals surface area contributed by atoms with Crippen LogP contribution in [0.15, 0.2) is 27.7 Å². The SMILES string of the molecule is [C-]#[N+]c1c(C(C)(C)C)nsc1N=Nc1sc(N(CC)CC)nc1-c1cccs1. The molecule has 0 aliphatic heterocycles. The van der Waals surface area contributed by atoms with E-state index in [2.05, 4.69) is 38.2 Å². The number of nitrogens with zero attached hydrogens (tertiary/aromatic N) is 6. The summed E-state index contributed by atoms with van der Waals surface area (Å²) >= 11 is 4.39. The molecule has 28 heavy (non-hydrogen) atoms. The minimum absolute atomic E-state index is 0.202. The van der Waals surface area contributed by atoms with Crippen molar-refractivity contribution in [3.05, 3.63) is 34.6 Å². The monoisotopic (exact) mass is 430 g/mol. The molecule has 9 heteroatoms. The van der Waals surface area contributed by atoms with Gasteiger partial charge in [0.25, 0.3) is 0 Å². The van der Waals surface area contributed by atoms with E-state index in [0.29, 0.717) is 10.7 Å². The normalized spacial score (nSPS) is 11.9. The Balaban J connectivity index is 2.03. The van der Waals surface area contributed by atoms with Crippen LogP contribution in [0.1, 0.15) is 40.3 Å². The van der Waals surface area contributed by atoms with Gasteiger partial charge in [-0.1, -0.05) is 38.2 Å². The molecule has 3 heterocycles. The van der Waals surface area contributed by atoms with Crippen LogP contribution < -0.4 is 4.90 Å². The quantitative estimate of drug-likeness (QED) is 0.301. The van der Waals surface area contributed by atoms with Crippen molar-refractivity contribution in [2.45, 2.75) is 40.0 Å². The number of aromatic nitrogens is 2. The van der Waals surface area contributed by atoms with Crippen LogP contribution in [-0.2, 0) is 5.41 Å². The molecule has 3 rings (SSSR count). The van der Waals surface area contributed by atoms with Crippen LogP contribution >= 0.6 is 34.2 Å². The van der Waals surface area contributed by atoms with E-state index in [1.807, 2.05) is 38.3 Å². The molecule has 0 unspecified atom stereocenters. The van der Waals surface area contributed by atoms with E-state index in [9.17, 15) is 0 Å². The molecule has 0 bridgehead atoms. The summed E-state index contributed by atoms with van der Waals surface area (Å²) in [5.41, 5.74) is 1.91. The second-order valence-electron chi connectivity index (χ2n) is 7.05. The fourth-order valence-electron chi connectivity index (χ4n) is 2.60. The van der Waals surface area contributed by atoms with E-state index in [1.165, 1.54) is 22.9 Å². The lowest BCUT2D eigenvalue weighted by molar-refractivity contribution is 0.579. The maximum atomic E-state index is 7.55.